The van der Waals surface area contributed by atoms with Crippen LogP contribution in [0.1, 0.15) is 12.0 Å². The van der Waals surface area contributed by atoms with E-state index in [2.05, 4.69) is 4.98 Å². The molecule has 0 aliphatic carbocycles. The zero-order valence-corrected chi connectivity index (χ0v) is 10.4. The average molecular weight is 258 g/mol. The molecular weight excluding hydrogens is 240 g/mol. The van der Waals surface area contributed by atoms with Gasteiger partial charge in [-0.05, 0) is 13.3 Å². The van der Waals surface area contributed by atoms with Crippen molar-refractivity contribution in [1.29, 1.82) is 0 Å². The molecule has 0 unspecified atom stereocenters. The van der Waals surface area contributed by atoms with E-state index in [9.17, 15) is 14.7 Å². The van der Waals surface area contributed by atoms with Gasteiger partial charge >= 0.3 is 5.69 Å². The van der Waals surface area contributed by atoms with Crippen LogP contribution in [0.3, 0.4) is 0 Å². The highest BCUT2D eigenvalue weighted by atomic mass is 16.5. The van der Waals surface area contributed by atoms with Gasteiger partial charge in [0, 0.05) is 25.4 Å². The minimum atomic E-state index is -0.876. The van der Waals surface area contributed by atoms with Gasteiger partial charge in [-0.15, -0.1) is 0 Å². The molecule has 1 rings (SSSR count). The number of methoxy groups -OCH3 is 1. The molecule has 7 heteroatoms. The van der Waals surface area contributed by atoms with Crippen LogP contribution in [0, 0.1) is 6.92 Å². The molecular formula is C11H18N2O5. The summed E-state index contributed by atoms with van der Waals surface area (Å²) >= 11 is 0. The Morgan fingerprint density at radius 2 is 2.17 bits per heavy atom. The van der Waals surface area contributed by atoms with E-state index in [0.29, 0.717) is 5.56 Å². The van der Waals surface area contributed by atoms with Crippen molar-refractivity contribution in [1.82, 2.24) is 9.55 Å². The van der Waals surface area contributed by atoms with Crippen molar-refractivity contribution in [2.75, 3.05) is 13.7 Å². The average Bonchev–Trinajstić information content (AvgIpc) is 2.33. The van der Waals surface area contributed by atoms with Gasteiger partial charge < -0.3 is 19.5 Å². The molecule has 0 spiro atoms. The summed E-state index contributed by atoms with van der Waals surface area (Å²) in [6.45, 7) is 1.53. The van der Waals surface area contributed by atoms with Crippen molar-refractivity contribution in [3.05, 3.63) is 32.6 Å². The predicted octanol–water partition coefficient (Wildman–Crippen LogP) is -1.40. The molecule has 0 aliphatic rings. The second kappa shape index (κ2) is 6.48. The highest BCUT2D eigenvalue weighted by Gasteiger charge is 2.17. The van der Waals surface area contributed by atoms with Crippen LogP contribution in [0.4, 0.5) is 0 Å². The van der Waals surface area contributed by atoms with Gasteiger partial charge in [0.15, 0.2) is 0 Å². The van der Waals surface area contributed by atoms with Crippen molar-refractivity contribution in [3.8, 4) is 0 Å². The topological polar surface area (TPSA) is 105 Å². The Morgan fingerprint density at radius 3 is 2.72 bits per heavy atom. The molecule has 18 heavy (non-hydrogen) atoms. The van der Waals surface area contributed by atoms with Crippen LogP contribution in [0.5, 0.6) is 0 Å². The standard InChI is InChI=1S/C11H18N2O5/c1-7-5-13(11(17)12-10(7)16)4-3-8(15)9(6-14)18-2/h5,8-9,14-15H,3-4,6H2,1-2H3,(H,12,16,17)/t8-,9+/m0/s1. The minimum Gasteiger partial charge on any atom is -0.394 e. The lowest BCUT2D eigenvalue weighted by Gasteiger charge is -2.19. The number of hydrogen-bond acceptors (Lipinski definition) is 5. The highest BCUT2D eigenvalue weighted by molar-refractivity contribution is 5.00. The molecule has 0 saturated heterocycles. The number of ether oxygens (including phenoxy) is 1. The number of hydrogen-bond donors (Lipinski definition) is 3. The van der Waals surface area contributed by atoms with E-state index in [-0.39, 0.29) is 19.6 Å². The van der Waals surface area contributed by atoms with Crippen LogP contribution < -0.4 is 11.2 Å². The summed E-state index contributed by atoms with van der Waals surface area (Å²) < 4.78 is 6.19. The Balaban J connectivity index is 2.72. The van der Waals surface area contributed by atoms with Crippen LogP contribution in [0.25, 0.3) is 0 Å². The monoisotopic (exact) mass is 258 g/mol. The summed E-state index contributed by atoms with van der Waals surface area (Å²) in [4.78, 5) is 24.8. The van der Waals surface area contributed by atoms with Gasteiger partial charge in [0.05, 0.1) is 12.7 Å². The molecule has 0 aromatic carbocycles. The van der Waals surface area contributed by atoms with Gasteiger partial charge in [-0.3, -0.25) is 9.78 Å². The summed E-state index contributed by atoms with van der Waals surface area (Å²) in [6, 6.07) is 0. The first-order valence-electron chi connectivity index (χ1n) is 5.61. The number of nitrogens with zero attached hydrogens (tertiary/aromatic N) is 1. The number of nitrogens with one attached hydrogen (secondary N) is 1. The largest absolute Gasteiger partial charge is 0.394 e. The quantitative estimate of drug-likeness (QED) is 0.582. The smallest absolute Gasteiger partial charge is 0.328 e. The van der Waals surface area contributed by atoms with Crippen molar-refractivity contribution >= 4 is 0 Å². The first kappa shape index (κ1) is 14.6. The molecule has 0 amide bonds. The maximum atomic E-state index is 11.5. The molecule has 2 atom stereocenters. The lowest BCUT2D eigenvalue weighted by molar-refractivity contribution is -0.0452. The zero-order chi connectivity index (χ0) is 13.7. The predicted molar refractivity (Wildman–Crippen MR) is 64.6 cm³/mol. The minimum absolute atomic E-state index is 0.234. The van der Waals surface area contributed by atoms with E-state index < -0.39 is 23.5 Å². The summed E-state index contributed by atoms with van der Waals surface area (Å²) in [5.74, 6) is 0. The third-order valence-electron chi connectivity index (χ3n) is 2.77. The Labute approximate surface area is 104 Å². The lowest BCUT2D eigenvalue weighted by atomic mass is 10.1. The van der Waals surface area contributed by atoms with E-state index >= 15 is 0 Å². The molecule has 0 saturated carbocycles. The molecule has 102 valence electrons. The number of H-pyrrole nitrogens is 1. The first-order valence-corrected chi connectivity index (χ1v) is 5.61. The van der Waals surface area contributed by atoms with Gasteiger partial charge in [-0.1, -0.05) is 0 Å². The molecule has 3 N–H and O–H groups in total. The summed E-state index contributed by atoms with van der Waals surface area (Å²) in [5.41, 5.74) is -0.507. The second-order valence-corrected chi connectivity index (χ2v) is 4.08. The highest BCUT2D eigenvalue weighted by Crippen LogP contribution is 2.03. The molecule has 0 bridgehead atoms. The van der Waals surface area contributed by atoms with Gasteiger partial charge in [0.25, 0.3) is 5.56 Å². The SMILES string of the molecule is CO[C@H](CO)[C@@H](O)CCn1cc(C)c(=O)[nH]c1=O. The Bertz CT molecular complexity index is 489. The summed E-state index contributed by atoms with van der Waals surface area (Å²) in [5, 5.41) is 18.6. The molecule has 0 fully saturated rings. The lowest BCUT2D eigenvalue weighted by Crippen LogP contribution is -2.35. The van der Waals surface area contributed by atoms with Crippen molar-refractivity contribution in [3.63, 3.8) is 0 Å². The number of aromatic amines is 1. The fourth-order valence-corrected chi connectivity index (χ4v) is 1.60. The molecule has 1 aromatic heterocycles. The fourth-order valence-electron chi connectivity index (χ4n) is 1.60. The molecule has 1 aromatic rings. The number of aromatic nitrogens is 2. The number of rotatable bonds is 6. The van der Waals surface area contributed by atoms with Gasteiger partial charge in [0.1, 0.15) is 6.10 Å². The normalized spacial score (nSPS) is 14.4. The fraction of sp³-hybridized carbons (Fsp3) is 0.636. The maximum absolute atomic E-state index is 11.5. The molecule has 0 aliphatic heterocycles. The van der Waals surface area contributed by atoms with E-state index in [1.54, 1.807) is 6.92 Å². The maximum Gasteiger partial charge on any atom is 0.328 e. The van der Waals surface area contributed by atoms with Crippen LogP contribution in [-0.2, 0) is 11.3 Å². The van der Waals surface area contributed by atoms with E-state index in [0.717, 1.165) is 0 Å². The first-order chi connectivity index (χ1) is 8.49. The van der Waals surface area contributed by atoms with Gasteiger partial charge in [-0.2, -0.15) is 0 Å². The summed E-state index contributed by atoms with van der Waals surface area (Å²) in [7, 11) is 1.39. The van der Waals surface area contributed by atoms with Crippen molar-refractivity contribution in [2.45, 2.75) is 32.1 Å². The Kier molecular flexibility index (Phi) is 5.26. The van der Waals surface area contributed by atoms with E-state index in [4.69, 9.17) is 9.84 Å². The van der Waals surface area contributed by atoms with Gasteiger partial charge in [0.2, 0.25) is 0 Å². The summed E-state index contributed by atoms with van der Waals surface area (Å²) in [6.07, 6.45) is 0.128. The number of aliphatic hydroxyl groups excluding tert-OH is 2. The molecule has 0 radical (unpaired) electrons. The van der Waals surface area contributed by atoms with Crippen molar-refractivity contribution < 1.29 is 14.9 Å². The third-order valence-corrected chi connectivity index (χ3v) is 2.77. The van der Waals surface area contributed by atoms with Crippen LogP contribution in [0.2, 0.25) is 0 Å². The van der Waals surface area contributed by atoms with E-state index in [1.165, 1.54) is 17.9 Å². The zero-order valence-electron chi connectivity index (χ0n) is 10.4. The molecule has 1 heterocycles. The molecule has 7 nitrogen and oxygen atoms in total. The number of aryl methyl sites for hydroxylation is 2. The number of aliphatic hydroxyl groups is 2. The Morgan fingerprint density at radius 1 is 1.50 bits per heavy atom. The van der Waals surface area contributed by atoms with E-state index in [1.807, 2.05) is 0 Å². The second-order valence-electron chi connectivity index (χ2n) is 4.08. The van der Waals surface area contributed by atoms with Crippen LogP contribution >= 0.6 is 0 Å². The van der Waals surface area contributed by atoms with Gasteiger partial charge in [-0.25, -0.2) is 4.79 Å². The Hall–Kier alpha value is -1.44. The van der Waals surface area contributed by atoms with Crippen molar-refractivity contribution in [2.24, 2.45) is 0 Å². The van der Waals surface area contributed by atoms with Crippen LogP contribution in [0.15, 0.2) is 15.8 Å². The third kappa shape index (κ3) is 3.52. The van der Waals surface area contributed by atoms with Crippen LogP contribution in [-0.4, -0.2) is 45.7 Å².